The zero-order valence-corrected chi connectivity index (χ0v) is 15.1. The van der Waals surface area contributed by atoms with Crippen molar-refractivity contribution in [3.8, 4) is 0 Å². The van der Waals surface area contributed by atoms with Crippen LogP contribution >= 0.6 is 15.9 Å². The largest absolute Gasteiger partial charge is 0.309 e. The number of aromatic nitrogens is 2. The number of aryl methyl sites for hydroxylation is 2. The van der Waals surface area contributed by atoms with Crippen LogP contribution in [-0.2, 0) is 13.6 Å². The SMILES string of the molecule is Cc1nn(C)c(CN2CC(C)(C)NCC2C(C)C)c1Br. The Bertz CT molecular complexity index is 478. The molecule has 1 saturated heterocycles. The number of hydrogen-bond acceptors (Lipinski definition) is 3. The molecule has 114 valence electrons. The van der Waals surface area contributed by atoms with Crippen molar-refractivity contribution in [1.29, 1.82) is 0 Å². The van der Waals surface area contributed by atoms with E-state index in [-0.39, 0.29) is 5.54 Å². The summed E-state index contributed by atoms with van der Waals surface area (Å²) in [5.41, 5.74) is 2.51. The molecular weight excluding hydrogens is 316 g/mol. The Hall–Kier alpha value is -0.390. The Morgan fingerprint density at radius 3 is 2.60 bits per heavy atom. The molecule has 1 N–H and O–H groups in total. The number of rotatable bonds is 3. The summed E-state index contributed by atoms with van der Waals surface area (Å²) in [6, 6.07) is 0.574. The van der Waals surface area contributed by atoms with Crippen LogP contribution < -0.4 is 5.32 Å². The van der Waals surface area contributed by atoms with Crippen LogP contribution in [0.3, 0.4) is 0 Å². The summed E-state index contributed by atoms with van der Waals surface area (Å²) in [6.45, 7) is 14.3. The second-order valence-corrected chi connectivity index (χ2v) is 7.74. The predicted molar refractivity (Wildman–Crippen MR) is 86.8 cm³/mol. The lowest BCUT2D eigenvalue weighted by atomic mass is 9.93. The molecule has 0 aromatic carbocycles. The van der Waals surface area contributed by atoms with Gasteiger partial charge in [-0.05, 0) is 42.6 Å². The van der Waals surface area contributed by atoms with Gasteiger partial charge in [0.1, 0.15) is 0 Å². The topological polar surface area (TPSA) is 33.1 Å². The molecular formula is C15H27BrN4. The fourth-order valence-electron chi connectivity index (χ4n) is 3.07. The van der Waals surface area contributed by atoms with E-state index in [9.17, 15) is 0 Å². The Labute approximate surface area is 131 Å². The average Bonchev–Trinajstić information content (AvgIpc) is 2.54. The van der Waals surface area contributed by atoms with Crippen molar-refractivity contribution in [2.75, 3.05) is 13.1 Å². The van der Waals surface area contributed by atoms with Crippen LogP contribution in [0.1, 0.15) is 39.1 Å². The van der Waals surface area contributed by atoms with Gasteiger partial charge < -0.3 is 5.32 Å². The standard InChI is InChI=1S/C15H27BrN4/c1-10(2)12-7-17-15(4,5)9-20(12)8-13-14(16)11(3)18-19(13)6/h10,12,17H,7-9H2,1-6H3. The maximum Gasteiger partial charge on any atom is 0.0739 e. The van der Waals surface area contributed by atoms with Crippen LogP contribution in [0.2, 0.25) is 0 Å². The van der Waals surface area contributed by atoms with Gasteiger partial charge >= 0.3 is 0 Å². The minimum atomic E-state index is 0.172. The molecule has 1 aromatic rings. The number of piperazine rings is 1. The highest BCUT2D eigenvalue weighted by molar-refractivity contribution is 9.10. The summed E-state index contributed by atoms with van der Waals surface area (Å²) in [7, 11) is 2.03. The van der Waals surface area contributed by atoms with Crippen LogP contribution in [0, 0.1) is 12.8 Å². The molecule has 1 unspecified atom stereocenters. The van der Waals surface area contributed by atoms with Crippen molar-refractivity contribution in [2.45, 2.75) is 52.7 Å². The monoisotopic (exact) mass is 342 g/mol. The highest BCUT2D eigenvalue weighted by Crippen LogP contribution is 2.26. The molecule has 1 atom stereocenters. The van der Waals surface area contributed by atoms with E-state index in [2.05, 4.69) is 65.9 Å². The lowest BCUT2D eigenvalue weighted by Crippen LogP contribution is -2.62. The highest BCUT2D eigenvalue weighted by Gasteiger charge is 2.34. The van der Waals surface area contributed by atoms with Crippen LogP contribution in [0.15, 0.2) is 4.47 Å². The first kappa shape index (κ1) is 16.0. The third-order valence-corrected chi connectivity index (χ3v) is 5.27. The van der Waals surface area contributed by atoms with Gasteiger partial charge in [0.2, 0.25) is 0 Å². The molecule has 2 rings (SSSR count). The first-order valence-corrected chi connectivity index (χ1v) is 8.17. The van der Waals surface area contributed by atoms with Crippen molar-refractivity contribution in [1.82, 2.24) is 20.0 Å². The minimum Gasteiger partial charge on any atom is -0.309 e. The van der Waals surface area contributed by atoms with Crippen molar-refractivity contribution >= 4 is 15.9 Å². The molecule has 2 heterocycles. The van der Waals surface area contributed by atoms with E-state index >= 15 is 0 Å². The quantitative estimate of drug-likeness (QED) is 0.916. The fraction of sp³-hybridized carbons (Fsp3) is 0.800. The van der Waals surface area contributed by atoms with E-state index in [0.717, 1.165) is 29.8 Å². The third kappa shape index (κ3) is 3.26. The summed E-state index contributed by atoms with van der Waals surface area (Å²) < 4.78 is 3.16. The van der Waals surface area contributed by atoms with Gasteiger partial charge in [-0.25, -0.2) is 0 Å². The predicted octanol–water partition coefficient (Wildman–Crippen LogP) is 2.70. The Balaban J connectivity index is 2.23. The van der Waals surface area contributed by atoms with E-state index in [1.165, 1.54) is 5.69 Å². The molecule has 1 aromatic heterocycles. The number of nitrogens with zero attached hydrogens (tertiary/aromatic N) is 3. The number of nitrogens with one attached hydrogen (secondary N) is 1. The van der Waals surface area contributed by atoms with Crippen molar-refractivity contribution < 1.29 is 0 Å². The molecule has 0 radical (unpaired) electrons. The molecule has 1 fully saturated rings. The van der Waals surface area contributed by atoms with Crippen molar-refractivity contribution in [3.63, 3.8) is 0 Å². The number of halogens is 1. The normalized spacial score (nSPS) is 23.5. The summed E-state index contributed by atoms with van der Waals surface area (Å²) in [5.74, 6) is 0.645. The first-order valence-electron chi connectivity index (χ1n) is 7.38. The lowest BCUT2D eigenvalue weighted by Gasteiger charge is -2.46. The first-order chi connectivity index (χ1) is 9.21. The molecule has 0 spiro atoms. The van der Waals surface area contributed by atoms with Gasteiger partial charge in [-0.1, -0.05) is 13.8 Å². The Kier molecular flexibility index (Phi) is 4.62. The van der Waals surface area contributed by atoms with Crippen LogP contribution in [0.5, 0.6) is 0 Å². The zero-order valence-electron chi connectivity index (χ0n) is 13.5. The zero-order chi connectivity index (χ0) is 15.1. The number of hydrogen-bond donors (Lipinski definition) is 1. The van der Waals surface area contributed by atoms with Crippen LogP contribution in [-0.4, -0.2) is 39.4 Å². The van der Waals surface area contributed by atoms with Gasteiger partial charge in [-0.3, -0.25) is 9.58 Å². The van der Waals surface area contributed by atoms with Crippen molar-refractivity contribution in [3.05, 3.63) is 15.9 Å². The maximum absolute atomic E-state index is 4.51. The van der Waals surface area contributed by atoms with Crippen LogP contribution in [0.25, 0.3) is 0 Å². The van der Waals surface area contributed by atoms with E-state index in [4.69, 9.17) is 0 Å². The second-order valence-electron chi connectivity index (χ2n) is 6.95. The second kappa shape index (κ2) is 5.78. The van der Waals surface area contributed by atoms with E-state index < -0.39 is 0 Å². The third-order valence-electron chi connectivity index (χ3n) is 4.24. The van der Waals surface area contributed by atoms with Crippen LogP contribution in [0.4, 0.5) is 0 Å². The summed E-state index contributed by atoms with van der Waals surface area (Å²) >= 11 is 3.69. The smallest absolute Gasteiger partial charge is 0.0739 e. The highest BCUT2D eigenvalue weighted by atomic mass is 79.9. The molecule has 5 heteroatoms. The molecule has 0 amide bonds. The van der Waals surface area contributed by atoms with Crippen molar-refractivity contribution in [2.24, 2.45) is 13.0 Å². The Morgan fingerprint density at radius 2 is 2.10 bits per heavy atom. The van der Waals surface area contributed by atoms with E-state index in [1.807, 2.05) is 11.7 Å². The van der Waals surface area contributed by atoms with E-state index in [0.29, 0.717) is 12.0 Å². The van der Waals surface area contributed by atoms with Gasteiger partial charge in [-0.15, -0.1) is 0 Å². The fourth-order valence-corrected chi connectivity index (χ4v) is 3.53. The molecule has 0 bridgehead atoms. The molecule has 0 aliphatic carbocycles. The molecule has 1 aliphatic rings. The van der Waals surface area contributed by atoms with Gasteiger partial charge in [-0.2, -0.15) is 5.10 Å². The summed E-state index contributed by atoms with van der Waals surface area (Å²) in [5, 5.41) is 8.17. The molecule has 4 nitrogen and oxygen atoms in total. The van der Waals surface area contributed by atoms with Gasteiger partial charge in [0.25, 0.3) is 0 Å². The molecule has 1 aliphatic heterocycles. The maximum atomic E-state index is 4.51. The molecule has 0 saturated carbocycles. The molecule has 20 heavy (non-hydrogen) atoms. The Morgan fingerprint density at radius 1 is 1.45 bits per heavy atom. The summed E-state index contributed by atoms with van der Waals surface area (Å²) in [6.07, 6.45) is 0. The van der Waals surface area contributed by atoms with Gasteiger partial charge in [0.05, 0.1) is 15.9 Å². The average molecular weight is 343 g/mol. The van der Waals surface area contributed by atoms with Gasteiger partial charge in [0, 0.05) is 38.3 Å². The minimum absolute atomic E-state index is 0.172. The summed E-state index contributed by atoms with van der Waals surface area (Å²) in [4.78, 5) is 2.60. The van der Waals surface area contributed by atoms with Gasteiger partial charge in [0.15, 0.2) is 0 Å². The lowest BCUT2D eigenvalue weighted by molar-refractivity contribution is 0.0605. The van der Waals surface area contributed by atoms with E-state index in [1.54, 1.807) is 0 Å².